The van der Waals surface area contributed by atoms with Crippen LogP contribution in [-0.4, -0.2) is 24.6 Å². The molecule has 0 radical (unpaired) electrons. The molecule has 0 saturated carbocycles. The van der Waals surface area contributed by atoms with Crippen LogP contribution in [0.25, 0.3) is 28.5 Å². The summed E-state index contributed by atoms with van der Waals surface area (Å²) < 4.78 is 74.9. The molecule has 3 rings (SSSR count). The number of primary sulfonamides is 1. The van der Waals surface area contributed by atoms with Crippen LogP contribution in [0.5, 0.6) is 0 Å². The number of nitrogens with zero attached hydrogens (tertiary/aromatic N) is 2. The number of benzene rings is 2. The van der Waals surface area contributed by atoms with Crippen LogP contribution < -0.4 is 10.7 Å². The Bertz CT molecular complexity index is 1270. The van der Waals surface area contributed by atoms with Gasteiger partial charge in [0, 0.05) is 5.56 Å². The van der Waals surface area contributed by atoms with Crippen molar-refractivity contribution in [2.45, 2.75) is 11.3 Å². The van der Waals surface area contributed by atoms with Crippen LogP contribution in [0.1, 0.15) is 0 Å². The number of rotatable bonds is 5. The highest BCUT2D eigenvalue weighted by molar-refractivity contribution is 7.89. The highest BCUT2D eigenvalue weighted by atomic mass is 32.2. The molecule has 0 amide bonds. The van der Waals surface area contributed by atoms with Crippen molar-refractivity contribution >= 4 is 16.2 Å². The molecule has 0 aliphatic heterocycles. The number of sulfonamides is 1. The van der Waals surface area contributed by atoms with Gasteiger partial charge in [-0.15, -0.1) is 0 Å². The van der Waals surface area contributed by atoms with Gasteiger partial charge in [-0.3, -0.25) is 4.79 Å². The molecule has 1 aromatic heterocycles. The Morgan fingerprint density at radius 3 is 2.13 bits per heavy atom. The van der Waals surface area contributed by atoms with E-state index in [1.807, 2.05) is 0 Å². The lowest BCUT2D eigenvalue weighted by Crippen LogP contribution is -2.21. The lowest BCUT2D eigenvalue weighted by Gasteiger charge is -2.11. The Kier molecular flexibility index (Phi) is 5.85. The molecule has 30 heavy (non-hydrogen) atoms. The summed E-state index contributed by atoms with van der Waals surface area (Å²) in [4.78, 5) is 12.7. The smallest absolute Gasteiger partial charge is 0.267 e. The third-order valence-electron chi connectivity index (χ3n) is 4.08. The molecule has 0 saturated heterocycles. The number of aromatic nitrogens is 2. The molecular formula is C19H13F4N3O3S. The van der Waals surface area contributed by atoms with Crippen molar-refractivity contribution in [2.75, 3.05) is 0 Å². The maximum absolute atomic E-state index is 13.4. The minimum absolute atomic E-state index is 0.0772. The summed E-state index contributed by atoms with van der Waals surface area (Å²) in [5.74, 6) is -2.43. The number of allylic oxidation sites excluding steroid dienone is 1. The Labute approximate surface area is 167 Å². The lowest BCUT2D eigenvalue weighted by atomic mass is 9.97. The number of halogens is 4. The van der Waals surface area contributed by atoms with E-state index in [9.17, 15) is 30.8 Å². The summed E-state index contributed by atoms with van der Waals surface area (Å²) in [5.41, 5.74) is -0.266. The third-order valence-corrected chi connectivity index (χ3v) is 5.01. The van der Waals surface area contributed by atoms with Gasteiger partial charge in [0.15, 0.2) is 5.83 Å². The van der Waals surface area contributed by atoms with Gasteiger partial charge in [0.25, 0.3) is 12.0 Å². The summed E-state index contributed by atoms with van der Waals surface area (Å²) in [5, 5.41) is 8.75. The van der Waals surface area contributed by atoms with E-state index >= 15 is 0 Å². The minimum atomic E-state index is -3.95. The molecule has 2 aromatic carbocycles. The first-order valence-corrected chi connectivity index (χ1v) is 9.79. The van der Waals surface area contributed by atoms with Gasteiger partial charge in [0.05, 0.1) is 22.9 Å². The predicted octanol–water partition coefficient (Wildman–Crippen LogP) is 3.40. The van der Waals surface area contributed by atoms with E-state index in [2.05, 4.69) is 5.10 Å². The van der Waals surface area contributed by atoms with Gasteiger partial charge in [-0.25, -0.2) is 35.8 Å². The van der Waals surface area contributed by atoms with E-state index in [1.165, 1.54) is 36.4 Å². The molecule has 0 fully saturated rings. The standard InChI is InChI=1S/C19H13F4N3O3S/c20-13-5-1-12(2-6-13)17-15(11-3-7-14(8-4-11)30(24,28)29)9-25-26(19(17)27)10-16(21)18(22)23/h1-10,18H,(H2,24,28,29). The van der Waals surface area contributed by atoms with Crippen LogP contribution in [0.2, 0.25) is 0 Å². The van der Waals surface area contributed by atoms with Crippen LogP contribution in [0.4, 0.5) is 17.6 Å². The molecule has 0 spiro atoms. The largest absolute Gasteiger partial charge is 0.291 e. The Morgan fingerprint density at radius 2 is 1.60 bits per heavy atom. The molecule has 0 aliphatic carbocycles. The van der Waals surface area contributed by atoms with E-state index in [1.54, 1.807) is 0 Å². The van der Waals surface area contributed by atoms with E-state index in [-0.39, 0.29) is 27.8 Å². The topological polar surface area (TPSA) is 95.1 Å². The summed E-state index contributed by atoms with van der Waals surface area (Å²) >= 11 is 0. The number of nitrogens with two attached hydrogens (primary N) is 1. The van der Waals surface area contributed by atoms with Crippen molar-refractivity contribution in [3.8, 4) is 22.3 Å². The van der Waals surface area contributed by atoms with Gasteiger partial charge in [-0.05, 0) is 35.4 Å². The molecule has 156 valence electrons. The quantitative estimate of drug-likeness (QED) is 0.617. The van der Waals surface area contributed by atoms with E-state index in [0.717, 1.165) is 18.3 Å². The fourth-order valence-corrected chi connectivity index (χ4v) is 3.19. The highest BCUT2D eigenvalue weighted by Crippen LogP contribution is 2.29. The highest BCUT2D eigenvalue weighted by Gasteiger charge is 2.18. The maximum Gasteiger partial charge on any atom is 0.291 e. The van der Waals surface area contributed by atoms with Crippen molar-refractivity contribution in [1.29, 1.82) is 0 Å². The molecule has 6 nitrogen and oxygen atoms in total. The molecule has 2 N–H and O–H groups in total. The molecule has 11 heteroatoms. The van der Waals surface area contributed by atoms with Gasteiger partial charge >= 0.3 is 0 Å². The van der Waals surface area contributed by atoms with Crippen LogP contribution in [0, 0.1) is 5.82 Å². The van der Waals surface area contributed by atoms with E-state index < -0.39 is 33.7 Å². The van der Waals surface area contributed by atoms with Crippen molar-refractivity contribution in [2.24, 2.45) is 5.14 Å². The van der Waals surface area contributed by atoms with E-state index in [4.69, 9.17) is 5.14 Å². The number of hydrogen-bond donors (Lipinski definition) is 1. The molecule has 1 heterocycles. The molecular weight excluding hydrogens is 426 g/mol. The second-order valence-electron chi connectivity index (χ2n) is 6.07. The number of hydrogen-bond acceptors (Lipinski definition) is 4. The Balaban J connectivity index is 2.25. The Morgan fingerprint density at radius 1 is 1.03 bits per heavy atom. The minimum Gasteiger partial charge on any atom is -0.267 e. The zero-order chi connectivity index (χ0) is 22.1. The SMILES string of the molecule is NS(=O)(=O)c1ccc(-c2cnn(C=C(F)C(F)F)c(=O)c2-c2ccc(F)cc2)cc1. The fraction of sp³-hybridized carbons (Fsp3) is 0.0526. The van der Waals surface area contributed by atoms with Gasteiger partial charge in [-0.2, -0.15) is 5.10 Å². The first-order chi connectivity index (χ1) is 14.1. The molecule has 3 aromatic rings. The zero-order valence-electron chi connectivity index (χ0n) is 15.0. The van der Waals surface area contributed by atoms with Gasteiger partial charge in [0.2, 0.25) is 10.0 Å². The molecule has 0 aliphatic rings. The van der Waals surface area contributed by atoms with Crippen molar-refractivity contribution in [3.05, 3.63) is 76.7 Å². The predicted molar refractivity (Wildman–Crippen MR) is 102 cm³/mol. The lowest BCUT2D eigenvalue weighted by molar-refractivity contribution is 0.160. The Hall–Kier alpha value is -3.31. The second kappa shape index (κ2) is 8.20. The van der Waals surface area contributed by atoms with Crippen molar-refractivity contribution in [3.63, 3.8) is 0 Å². The first-order valence-electron chi connectivity index (χ1n) is 8.24. The third kappa shape index (κ3) is 4.47. The van der Waals surface area contributed by atoms with Crippen LogP contribution in [0.3, 0.4) is 0 Å². The monoisotopic (exact) mass is 439 g/mol. The summed E-state index contributed by atoms with van der Waals surface area (Å²) in [6.07, 6.45) is -2.05. The zero-order valence-corrected chi connectivity index (χ0v) is 15.8. The normalized spacial score (nSPS) is 12.4. The summed E-state index contributed by atoms with van der Waals surface area (Å²) in [7, 11) is -3.95. The van der Waals surface area contributed by atoms with E-state index in [0.29, 0.717) is 10.2 Å². The maximum atomic E-state index is 13.4. The van der Waals surface area contributed by atoms with Gasteiger partial charge in [0.1, 0.15) is 5.82 Å². The average molecular weight is 439 g/mol. The van der Waals surface area contributed by atoms with Crippen molar-refractivity contribution in [1.82, 2.24) is 9.78 Å². The van der Waals surface area contributed by atoms with Crippen molar-refractivity contribution < 1.29 is 26.0 Å². The summed E-state index contributed by atoms with van der Waals surface area (Å²) in [6.45, 7) is 0. The van der Waals surface area contributed by atoms with Crippen LogP contribution in [-0.2, 0) is 10.0 Å². The van der Waals surface area contributed by atoms with Gasteiger partial charge in [-0.1, -0.05) is 24.3 Å². The molecule has 0 bridgehead atoms. The van der Waals surface area contributed by atoms with Gasteiger partial charge < -0.3 is 0 Å². The van der Waals surface area contributed by atoms with Crippen LogP contribution >= 0.6 is 0 Å². The summed E-state index contributed by atoms with van der Waals surface area (Å²) in [6, 6.07) is 9.89. The first kappa shape index (κ1) is 21.4. The average Bonchev–Trinajstić information content (AvgIpc) is 2.69. The molecule has 0 atom stereocenters. The van der Waals surface area contributed by atoms with Crippen LogP contribution in [0.15, 0.2) is 70.2 Å². The number of alkyl halides is 2. The molecule has 0 unspecified atom stereocenters. The fourth-order valence-electron chi connectivity index (χ4n) is 2.67. The second-order valence-corrected chi connectivity index (χ2v) is 7.64.